The second kappa shape index (κ2) is 10.3. The molecule has 14 heteroatoms. The molecule has 0 radical (unpaired) electrons. The minimum absolute atomic E-state index is 0.106. The molecule has 2 aromatic heterocycles. The molecule has 2 aliphatic rings. The van der Waals surface area contributed by atoms with Crippen LogP contribution >= 0.6 is 0 Å². The molecule has 0 bridgehead atoms. The van der Waals surface area contributed by atoms with E-state index in [0.29, 0.717) is 26.3 Å². The number of alkyl halides is 3. The molecule has 1 N–H and O–H groups in total. The van der Waals surface area contributed by atoms with Crippen molar-refractivity contribution in [2.24, 2.45) is 0 Å². The molecule has 0 aliphatic carbocycles. The molecular weight excluding hydrogens is 555 g/mol. The van der Waals surface area contributed by atoms with Gasteiger partial charge in [-0.3, -0.25) is 0 Å². The normalized spacial score (nSPS) is 16.6. The quantitative estimate of drug-likeness (QED) is 0.187. The van der Waals surface area contributed by atoms with E-state index in [2.05, 4.69) is 29.9 Å². The number of ether oxygens (including phenoxy) is 3. The molecular formula is C26H29F5N4O4Si. The molecule has 1 spiro atoms. The monoisotopic (exact) mass is 584 g/mol. The van der Waals surface area contributed by atoms with E-state index in [4.69, 9.17) is 14.2 Å². The van der Waals surface area contributed by atoms with E-state index in [-0.39, 0.29) is 23.7 Å². The highest BCUT2D eigenvalue weighted by Crippen LogP contribution is 2.42. The van der Waals surface area contributed by atoms with Gasteiger partial charge in [-0.1, -0.05) is 19.6 Å². The summed E-state index contributed by atoms with van der Waals surface area (Å²) in [5.74, 6) is -3.75. The Kier molecular flexibility index (Phi) is 7.29. The van der Waals surface area contributed by atoms with Gasteiger partial charge >= 0.3 is 12.2 Å². The molecule has 3 aromatic rings. The van der Waals surface area contributed by atoms with E-state index in [0.717, 1.165) is 36.9 Å². The number of halogens is 5. The first-order valence-corrected chi connectivity index (χ1v) is 16.5. The molecule has 4 heterocycles. The number of urea groups is 1. The molecule has 0 atom stereocenters. The number of anilines is 1. The zero-order valence-electron chi connectivity index (χ0n) is 22.2. The van der Waals surface area contributed by atoms with Crippen LogP contribution < -0.4 is 10.1 Å². The SMILES string of the molecule is C[Si](C)(C)CCOCn1cc(C(F)(F)F)c2c(Oc3c(F)cc(NC(=O)N4CC5(CCO5)C4)cc3F)ccnc21. The topological polar surface area (TPSA) is 77.9 Å². The molecule has 216 valence electrons. The van der Waals surface area contributed by atoms with Crippen LogP contribution in [0.5, 0.6) is 11.5 Å². The lowest BCUT2D eigenvalue weighted by Crippen LogP contribution is -2.69. The maximum atomic E-state index is 15.0. The van der Waals surface area contributed by atoms with Crippen LogP contribution in [0.25, 0.3) is 11.0 Å². The van der Waals surface area contributed by atoms with E-state index in [1.165, 1.54) is 15.7 Å². The fourth-order valence-electron chi connectivity index (χ4n) is 4.60. The Morgan fingerprint density at radius 3 is 2.45 bits per heavy atom. The van der Waals surface area contributed by atoms with Crippen molar-refractivity contribution in [3.8, 4) is 11.5 Å². The maximum Gasteiger partial charge on any atom is 0.418 e. The van der Waals surface area contributed by atoms with Crippen LogP contribution in [0, 0.1) is 11.6 Å². The van der Waals surface area contributed by atoms with Crippen molar-refractivity contribution in [3.63, 3.8) is 0 Å². The minimum atomic E-state index is -4.80. The average Bonchev–Trinajstić information content (AvgIpc) is 3.17. The summed E-state index contributed by atoms with van der Waals surface area (Å²) in [6.45, 7) is 8.05. The lowest BCUT2D eigenvalue weighted by Gasteiger charge is -2.54. The average molecular weight is 585 g/mol. The summed E-state index contributed by atoms with van der Waals surface area (Å²) >= 11 is 0. The third kappa shape index (κ3) is 5.79. The van der Waals surface area contributed by atoms with Gasteiger partial charge in [0.25, 0.3) is 0 Å². The summed E-state index contributed by atoms with van der Waals surface area (Å²) in [7, 11) is -1.41. The van der Waals surface area contributed by atoms with Crippen molar-refractivity contribution in [3.05, 3.63) is 47.8 Å². The third-order valence-corrected chi connectivity index (χ3v) is 8.63. The standard InChI is InChI=1S/C26H29F5N4O4Si/c1-40(2,3)9-8-37-15-34-12-17(26(29,30)31)21-20(4-6-32-23(21)34)39-22-18(27)10-16(11-19(22)28)33-24(36)35-13-25(14-35)5-7-38-25/h4,6,10-12H,5,7-9,13-15H2,1-3H3,(H,33,36). The van der Waals surface area contributed by atoms with E-state index in [9.17, 15) is 26.7 Å². The molecule has 0 unspecified atom stereocenters. The van der Waals surface area contributed by atoms with Crippen molar-refractivity contribution >= 4 is 30.8 Å². The third-order valence-electron chi connectivity index (χ3n) is 6.92. The first kappa shape index (κ1) is 28.3. The number of benzene rings is 1. The Bertz CT molecular complexity index is 1400. The summed E-state index contributed by atoms with van der Waals surface area (Å²) in [5.41, 5.74) is -1.66. The molecule has 5 rings (SSSR count). The minimum Gasteiger partial charge on any atom is -0.450 e. The van der Waals surface area contributed by atoms with Crippen LogP contribution in [0.15, 0.2) is 30.6 Å². The highest BCUT2D eigenvalue weighted by molar-refractivity contribution is 6.76. The predicted molar refractivity (Wildman–Crippen MR) is 139 cm³/mol. The molecule has 0 saturated carbocycles. The van der Waals surface area contributed by atoms with Gasteiger partial charge in [-0.15, -0.1) is 0 Å². The first-order valence-electron chi connectivity index (χ1n) is 12.7. The Labute approximate surface area is 228 Å². The molecule has 40 heavy (non-hydrogen) atoms. The molecule has 2 saturated heterocycles. The summed E-state index contributed by atoms with van der Waals surface area (Å²) in [5, 5.41) is 1.97. The number of carbonyl (C=O) groups excluding carboxylic acids is 1. The van der Waals surface area contributed by atoms with Crippen molar-refractivity contribution in [1.82, 2.24) is 14.5 Å². The number of hydrogen-bond donors (Lipinski definition) is 1. The second-order valence-electron chi connectivity index (χ2n) is 11.3. The molecule has 2 fully saturated rings. The van der Waals surface area contributed by atoms with Crippen LogP contribution in [0.2, 0.25) is 25.7 Å². The number of likely N-dealkylation sites (tertiary alicyclic amines) is 1. The molecule has 2 aliphatic heterocycles. The Morgan fingerprint density at radius 1 is 1.20 bits per heavy atom. The lowest BCUT2D eigenvalue weighted by molar-refractivity contribution is -0.207. The summed E-state index contributed by atoms with van der Waals surface area (Å²) in [6.07, 6.45) is -1.92. The van der Waals surface area contributed by atoms with Crippen LogP contribution in [0.3, 0.4) is 0 Å². The van der Waals surface area contributed by atoms with E-state index >= 15 is 0 Å². The van der Waals surface area contributed by atoms with Gasteiger partial charge in [0.05, 0.1) is 30.6 Å². The highest BCUT2D eigenvalue weighted by atomic mass is 28.3. The van der Waals surface area contributed by atoms with Crippen molar-refractivity contribution in [1.29, 1.82) is 0 Å². The van der Waals surface area contributed by atoms with Crippen LogP contribution in [-0.4, -0.2) is 60.5 Å². The molecule has 1 aromatic carbocycles. The van der Waals surface area contributed by atoms with Gasteiger partial charge in [0, 0.05) is 51.3 Å². The maximum absolute atomic E-state index is 15.0. The predicted octanol–water partition coefficient (Wildman–Crippen LogP) is 6.44. The number of nitrogens with one attached hydrogen (secondary N) is 1. The number of fused-ring (bicyclic) bond motifs is 1. The molecule has 2 amide bonds. The lowest BCUT2D eigenvalue weighted by atomic mass is 9.86. The van der Waals surface area contributed by atoms with Gasteiger partial charge in [0.2, 0.25) is 0 Å². The number of aromatic nitrogens is 2. The summed E-state index contributed by atoms with van der Waals surface area (Å²) in [6, 6.07) is 3.05. The smallest absolute Gasteiger partial charge is 0.418 e. The van der Waals surface area contributed by atoms with Gasteiger partial charge in [-0.2, -0.15) is 13.2 Å². The number of nitrogens with zero attached hydrogens (tertiary/aromatic N) is 3. The fourth-order valence-corrected chi connectivity index (χ4v) is 5.36. The number of rotatable bonds is 8. The van der Waals surface area contributed by atoms with Gasteiger partial charge in [0.15, 0.2) is 17.4 Å². The highest BCUT2D eigenvalue weighted by Gasteiger charge is 2.51. The van der Waals surface area contributed by atoms with Crippen LogP contribution in [-0.2, 0) is 22.4 Å². The van der Waals surface area contributed by atoms with Gasteiger partial charge in [-0.05, 0) is 12.1 Å². The van der Waals surface area contributed by atoms with E-state index in [1.54, 1.807) is 0 Å². The summed E-state index contributed by atoms with van der Waals surface area (Å²) < 4.78 is 89.5. The van der Waals surface area contributed by atoms with E-state index < -0.39 is 54.4 Å². The van der Waals surface area contributed by atoms with Crippen molar-refractivity contribution < 1.29 is 41.0 Å². The largest absolute Gasteiger partial charge is 0.450 e. The Hall–Kier alpha value is -3.23. The number of carbonyl (C=O) groups is 1. The zero-order chi connectivity index (χ0) is 28.9. The Balaban J connectivity index is 1.36. The van der Waals surface area contributed by atoms with Gasteiger partial charge in [-0.25, -0.2) is 18.6 Å². The van der Waals surface area contributed by atoms with Gasteiger partial charge < -0.3 is 29.0 Å². The van der Waals surface area contributed by atoms with Crippen molar-refractivity contribution in [2.75, 3.05) is 31.6 Å². The fraction of sp³-hybridized carbons (Fsp3) is 0.462. The van der Waals surface area contributed by atoms with Crippen molar-refractivity contribution in [2.45, 2.75) is 50.6 Å². The van der Waals surface area contributed by atoms with Crippen LogP contribution in [0.1, 0.15) is 12.0 Å². The Morgan fingerprint density at radius 2 is 1.88 bits per heavy atom. The number of hydrogen-bond acceptors (Lipinski definition) is 5. The van der Waals surface area contributed by atoms with E-state index in [1.807, 2.05) is 0 Å². The summed E-state index contributed by atoms with van der Waals surface area (Å²) in [4.78, 5) is 17.9. The number of pyridine rings is 1. The second-order valence-corrected chi connectivity index (χ2v) is 16.9. The molecule has 8 nitrogen and oxygen atoms in total. The van der Waals surface area contributed by atoms with Crippen LogP contribution in [0.4, 0.5) is 32.4 Å². The number of amides is 2. The first-order chi connectivity index (χ1) is 18.7. The zero-order valence-corrected chi connectivity index (χ0v) is 23.2. The van der Waals surface area contributed by atoms with Gasteiger partial charge in [0.1, 0.15) is 23.7 Å².